The Morgan fingerprint density at radius 2 is 1.93 bits per heavy atom. The van der Waals surface area contributed by atoms with Crippen molar-refractivity contribution < 1.29 is 31.6 Å². The standard InChI is InChI=1S/C19H16FNO6S/c1-11-15-8-12(20)6-7-16(15)27-18(11)19(23)26-10-17(22)21-13-4-3-5-14(9-13)28(2,24)25/h3-9H,10H2,1-2H3,(H,21,22). The van der Waals surface area contributed by atoms with Gasteiger partial charge in [0.1, 0.15) is 11.4 Å². The second-order valence-corrected chi connectivity index (χ2v) is 8.14. The van der Waals surface area contributed by atoms with Crippen LogP contribution in [0.3, 0.4) is 0 Å². The Bertz CT molecular complexity index is 1180. The quantitative estimate of drug-likeness (QED) is 0.655. The lowest BCUT2D eigenvalue weighted by Gasteiger charge is -2.07. The fourth-order valence-corrected chi connectivity index (χ4v) is 3.25. The smallest absolute Gasteiger partial charge is 0.375 e. The lowest BCUT2D eigenvalue weighted by Crippen LogP contribution is -2.21. The van der Waals surface area contributed by atoms with Gasteiger partial charge in [0.15, 0.2) is 16.4 Å². The molecule has 0 saturated carbocycles. The van der Waals surface area contributed by atoms with Crippen molar-refractivity contribution in [3.05, 3.63) is 59.6 Å². The third-order valence-corrected chi connectivity index (χ3v) is 5.07. The zero-order valence-corrected chi connectivity index (χ0v) is 15.8. The SMILES string of the molecule is Cc1c(C(=O)OCC(=O)Nc2cccc(S(C)(=O)=O)c2)oc2ccc(F)cc12. The molecule has 9 heteroatoms. The fraction of sp³-hybridized carbons (Fsp3) is 0.158. The van der Waals surface area contributed by atoms with E-state index < -0.39 is 34.1 Å². The molecule has 1 amide bonds. The van der Waals surface area contributed by atoms with Crippen LogP contribution in [0.1, 0.15) is 16.1 Å². The van der Waals surface area contributed by atoms with Crippen molar-refractivity contribution in [2.45, 2.75) is 11.8 Å². The van der Waals surface area contributed by atoms with Crippen molar-refractivity contribution >= 4 is 38.4 Å². The topological polar surface area (TPSA) is 103 Å². The number of halogens is 1. The van der Waals surface area contributed by atoms with E-state index in [9.17, 15) is 22.4 Å². The number of carbonyl (C=O) groups is 2. The number of ether oxygens (including phenoxy) is 1. The normalized spacial score (nSPS) is 11.4. The van der Waals surface area contributed by atoms with E-state index in [2.05, 4.69) is 5.32 Å². The summed E-state index contributed by atoms with van der Waals surface area (Å²) in [6.07, 6.45) is 1.05. The van der Waals surface area contributed by atoms with E-state index in [1.165, 1.54) is 42.5 Å². The average molecular weight is 405 g/mol. The van der Waals surface area contributed by atoms with Gasteiger partial charge in [-0.1, -0.05) is 6.07 Å². The molecule has 0 saturated heterocycles. The van der Waals surface area contributed by atoms with Gasteiger partial charge in [0, 0.05) is 22.9 Å². The van der Waals surface area contributed by atoms with Crippen LogP contribution in [0.2, 0.25) is 0 Å². The molecule has 3 aromatic rings. The first-order valence-corrected chi connectivity index (χ1v) is 10.00. The van der Waals surface area contributed by atoms with Crippen molar-refractivity contribution in [1.29, 1.82) is 0 Å². The highest BCUT2D eigenvalue weighted by molar-refractivity contribution is 7.90. The summed E-state index contributed by atoms with van der Waals surface area (Å²) in [5, 5.41) is 2.89. The van der Waals surface area contributed by atoms with Gasteiger partial charge in [-0.05, 0) is 43.3 Å². The van der Waals surface area contributed by atoms with Crippen molar-refractivity contribution in [2.24, 2.45) is 0 Å². The van der Waals surface area contributed by atoms with Crippen molar-refractivity contribution in [3.63, 3.8) is 0 Å². The molecule has 0 aliphatic carbocycles. The van der Waals surface area contributed by atoms with Gasteiger partial charge in [0.05, 0.1) is 4.90 Å². The van der Waals surface area contributed by atoms with Gasteiger partial charge < -0.3 is 14.5 Å². The van der Waals surface area contributed by atoms with Gasteiger partial charge in [-0.2, -0.15) is 0 Å². The molecule has 146 valence electrons. The third kappa shape index (κ3) is 4.20. The second-order valence-electron chi connectivity index (χ2n) is 6.12. The van der Waals surface area contributed by atoms with E-state index in [1.807, 2.05) is 0 Å². The van der Waals surface area contributed by atoms with Crippen LogP contribution >= 0.6 is 0 Å². The van der Waals surface area contributed by atoms with Crippen LogP contribution in [0.5, 0.6) is 0 Å². The van der Waals surface area contributed by atoms with Crippen LogP contribution in [0.15, 0.2) is 51.8 Å². The predicted octanol–water partition coefficient (Wildman–Crippen LogP) is 3.08. The first-order valence-electron chi connectivity index (χ1n) is 8.11. The minimum Gasteiger partial charge on any atom is -0.450 e. The molecule has 0 spiro atoms. The highest BCUT2D eigenvalue weighted by atomic mass is 32.2. The van der Waals surface area contributed by atoms with Crippen molar-refractivity contribution in [1.82, 2.24) is 0 Å². The molecule has 0 radical (unpaired) electrons. The number of sulfone groups is 1. The maximum Gasteiger partial charge on any atom is 0.375 e. The Morgan fingerprint density at radius 1 is 1.18 bits per heavy atom. The maximum atomic E-state index is 13.3. The molecule has 1 heterocycles. The summed E-state index contributed by atoms with van der Waals surface area (Å²) in [4.78, 5) is 24.2. The van der Waals surface area contributed by atoms with Crippen LogP contribution in [0.4, 0.5) is 10.1 Å². The Balaban J connectivity index is 1.67. The number of anilines is 1. The summed E-state index contributed by atoms with van der Waals surface area (Å²) in [5.41, 5.74) is 0.980. The van der Waals surface area contributed by atoms with Gasteiger partial charge in [0.25, 0.3) is 5.91 Å². The number of furan rings is 1. The average Bonchev–Trinajstić information content (AvgIpc) is 2.95. The zero-order chi connectivity index (χ0) is 20.5. The summed E-state index contributed by atoms with van der Waals surface area (Å²) >= 11 is 0. The largest absolute Gasteiger partial charge is 0.450 e. The van der Waals surface area contributed by atoms with E-state index in [0.717, 1.165) is 6.26 Å². The van der Waals surface area contributed by atoms with E-state index in [4.69, 9.17) is 9.15 Å². The summed E-state index contributed by atoms with van der Waals surface area (Å²) < 4.78 is 46.8. The second kappa shape index (κ2) is 7.43. The molecule has 0 atom stereocenters. The lowest BCUT2D eigenvalue weighted by atomic mass is 10.1. The molecule has 28 heavy (non-hydrogen) atoms. The summed E-state index contributed by atoms with van der Waals surface area (Å²) in [6, 6.07) is 9.53. The minimum atomic E-state index is -3.42. The van der Waals surface area contributed by atoms with Crippen LogP contribution < -0.4 is 5.32 Å². The highest BCUT2D eigenvalue weighted by Crippen LogP contribution is 2.26. The third-order valence-electron chi connectivity index (χ3n) is 3.96. The number of rotatable bonds is 5. The molecule has 0 aliphatic rings. The van der Waals surface area contributed by atoms with Crippen LogP contribution in [-0.4, -0.2) is 33.2 Å². The molecule has 0 aliphatic heterocycles. The summed E-state index contributed by atoms with van der Waals surface area (Å²) in [5.74, 6) is -2.10. The molecule has 0 bridgehead atoms. The van der Waals surface area contributed by atoms with Gasteiger partial charge in [-0.25, -0.2) is 17.6 Å². The molecule has 7 nitrogen and oxygen atoms in total. The van der Waals surface area contributed by atoms with E-state index in [-0.39, 0.29) is 16.3 Å². The van der Waals surface area contributed by atoms with Crippen LogP contribution in [0, 0.1) is 12.7 Å². The molecule has 0 unspecified atom stereocenters. The molecule has 0 fully saturated rings. The number of aryl methyl sites for hydroxylation is 1. The first kappa shape index (κ1) is 19.6. The number of benzene rings is 2. The summed E-state index contributed by atoms with van der Waals surface area (Å²) in [7, 11) is -3.42. The van der Waals surface area contributed by atoms with E-state index >= 15 is 0 Å². The number of hydrogen-bond donors (Lipinski definition) is 1. The Morgan fingerprint density at radius 3 is 2.64 bits per heavy atom. The van der Waals surface area contributed by atoms with Crippen LogP contribution in [0.25, 0.3) is 11.0 Å². The number of esters is 1. The van der Waals surface area contributed by atoms with Gasteiger partial charge in [-0.3, -0.25) is 4.79 Å². The molecule has 2 aromatic carbocycles. The first-order chi connectivity index (χ1) is 13.1. The number of nitrogens with one attached hydrogen (secondary N) is 1. The molecular weight excluding hydrogens is 389 g/mol. The lowest BCUT2D eigenvalue weighted by molar-refractivity contribution is -0.119. The molecule has 3 rings (SSSR count). The zero-order valence-electron chi connectivity index (χ0n) is 15.0. The highest BCUT2D eigenvalue weighted by Gasteiger charge is 2.20. The molecular formula is C19H16FNO6S. The number of hydrogen-bond acceptors (Lipinski definition) is 6. The molecule has 1 N–H and O–H groups in total. The number of amides is 1. The fourth-order valence-electron chi connectivity index (χ4n) is 2.59. The maximum absolute atomic E-state index is 13.3. The molecule has 1 aromatic heterocycles. The Kier molecular flexibility index (Phi) is 5.19. The Hall–Kier alpha value is -3.20. The predicted molar refractivity (Wildman–Crippen MR) is 99.4 cm³/mol. The number of fused-ring (bicyclic) bond motifs is 1. The number of carbonyl (C=O) groups excluding carboxylic acids is 2. The Labute approximate surface area is 160 Å². The van der Waals surface area contributed by atoms with E-state index in [1.54, 1.807) is 6.92 Å². The summed E-state index contributed by atoms with van der Waals surface area (Å²) in [6.45, 7) is 0.978. The van der Waals surface area contributed by atoms with Gasteiger partial charge >= 0.3 is 5.97 Å². The monoisotopic (exact) mass is 405 g/mol. The van der Waals surface area contributed by atoms with Gasteiger partial charge in [0.2, 0.25) is 5.76 Å². The minimum absolute atomic E-state index is 0.0485. The van der Waals surface area contributed by atoms with Crippen molar-refractivity contribution in [2.75, 3.05) is 18.2 Å². The van der Waals surface area contributed by atoms with Gasteiger partial charge in [-0.15, -0.1) is 0 Å². The van der Waals surface area contributed by atoms with E-state index in [0.29, 0.717) is 16.5 Å². The van der Waals surface area contributed by atoms with Crippen molar-refractivity contribution in [3.8, 4) is 0 Å². The van der Waals surface area contributed by atoms with Crippen LogP contribution in [-0.2, 0) is 19.4 Å².